The minimum Gasteiger partial charge on any atom is -0.465 e. The second-order valence-corrected chi connectivity index (χ2v) is 7.00. The molecule has 0 amide bonds. The Morgan fingerprint density at radius 3 is 2.54 bits per heavy atom. The average molecular weight is 390 g/mol. The van der Waals surface area contributed by atoms with E-state index >= 15 is 0 Å². The molecule has 0 saturated heterocycles. The van der Waals surface area contributed by atoms with Crippen molar-refractivity contribution in [2.75, 3.05) is 20.0 Å². The van der Waals surface area contributed by atoms with Crippen molar-refractivity contribution < 1.29 is 23.5 Å². The van der Waals surface area contributed by atoms with Crippen LogP contribution in [-0.4, -0.2) is 26.2 Å². The molecular weight excluding hydrogens is 377 g/mol. The van der Waals surface area contributed by atoms with E-state index in [1.54, 1.807) is 6.07 Å². The smallest absolute Gasteiger partial charge is 0.348 e. The lowest BCUT2D eigenvalue weighted by Crippen LogP contribution is -2.08. The third-order valence-electron chi connectivity index (χ3n) is 3.07. The summed E-state index contributed by atoms with van der Waals surface area (Å²) in [5.74, 6) is -1.50. The van der Waals surface area contributed by atoms with Gasteiger partial charge in [-0.05, 0) is 18.2 Å². The second kappa shape index (κ2) is 7.87. The summed E-state index contributed by atoms with van der Waals surface area (Å²) >= 11 is 7.99. The standard InChI is InChI=1S/C15H13ClFNO4S2/c1-21-14(19)11-8(12(15(20)22-2)24-13(11)18)6-23-7-3-4-10(17)9(16)5-7/h3-5H,6,18H2,1-2H3. The fourth-order valence-electron chi connectivity index (χ4n) is 1.93. The third kappa shape index (κ3) is 3.82. The molecule has 0 unspecified atom stereocenters. The first-order chi connectivity index (χ1) is 11.4. The van der Waals surface area contributed by atoms with E-state index < -0.39 is 17.8 Å². The number of esters is 2. The van der Waals surface area contributed by atoms with E-state index in [0.717, 1.165) is 11.3 Å². The molecule has 0 fully saturated rings. The highest BCUT2D eigenvalue weighted by atomic mass is 35.5. The highest BCUT2D eigenvalue weighted by Gasteiger charge is 2.27. The summed E-state index contributed by atoms with van der Waals surface area (Å²) in [7, 11) is 2.47. The van der Waals surface area contributed by atoms with E-state index in [-0.39, 0.29) is 26.2 Å². The third-order valence-corrected chi connectivity index (χ3v) is 5.42. The Labute approximate surface area is 150 Å². The van der Waals surface area contributed by atoms with E-state index in [9.17, 15) is 14.0 Å². The number of nitrogens with two attached hydrogens (primary N) is 1. The van der Waals surface area contributed by atoms with Crippen LogP contribution >= 0.6 is 34.7 Å². The van der Waals surface area contributed by atoms with Crippen molar-refractivity contribution in [2.24, 2.45) is 0 Å². The summed E-state index contributed by atoms with van der Waals surface area (Å²) in [4.78, 5) is 24.8. The first-order valence-corrected chi connectivity index (χ1v) is 8.72. The number of anilines is 1. The van der Waals surface area contributed by atoms with E-state index in [0.29, 0.717) is 10.5 Å². The number of hydrogen-bond acceptors (Lipinski definition) is 7. The van der Waals surface area contributed by atoms with E-state index in [1.165, 1.54) is 38.1 Å². The van der Waals surface area contributed by atoms with Gasteiger partial charge in [0.25, 0.3) is 0 Å². The van der Waals surface area contributed by atoms with Gasteiger partial charge in [0.1, 0.15) is 15.7 Å². The molecule has 24 heavy (non-hydrogen) atoms. The molecule has 9 heteroatoms. The van der Waals surface area contributed by atoms with Gasteiger partial charge in [-0.3, -0.25) is 0 Å². The van der Waals surface area contributed by atoms with Crippen LogP contribution in [0.1, 0.15) is 25.6 Å². The minimum atomic E-state index is -0.633. The van der Waals surface area contributed by atoms with Crippen LogP contribution in [0.2, 0.25) is 5.02 Å². The largest absolute Gasteiger partial charge is 0.465 e. The van der Waals surface area contributed by atoms with E-state index in [1.807, 2.05) is 0 Å². The summed E-state index contributed by atoms with van der Waals surface area (Å²) in [5, 5.41) is 0.168. The van der Waals surface area contributed by atoms with Crippen LogP contribution in [-0.2, 0) is 15.2 Å². The van der Waals surface area contributed by atoms with Gasteiger partial charge >= 0.3 is 11.9 Å². The van der Waals surface area contributed by atoms with Crippen LogP contribution in [0.25, 0.3) is 0 Å². The predicted octanol–water partition coefficient (Wildman–Crippen LogP) is 3.99. The van der Waals surface area contributed by atoms with Crippen LogP contribution in [0, 0.1) is 5.82 Å². The lowest BCUT2D eigenvalue weighted by molar-refractivity contribution is 0.0601. The molecule has 0 radical (unpaired) electrons. The highest BCUT2D eigenvalue weighted by molar-refractivity contribution is 7.98. The van der Waals surface area contributed by atoms with Crippen LogP contribution in [0.5, 0.6) is 0 Å². The molecule has 0 aliphatic carbocycles. The number of carbonyl (C=O) groups excluding carboxylic acids is 2. The van der Waals surface area contributed by atoms with Gasteiger partial charge in [-0.15, -0.1) is 23.1 Å². The number of rotatable bonds is 5. The van der Waals surface area contributed by atoms with E-state index in [4.69, 9.17) is 26.8 Å². The summed E-state index contributed by atoms with van der Waals surface area (Å²) in [6, 6.07) is 4.26. The fourth-order valence-corrected chi connectivity index (χ4v) is 4.22. The molecule has 0 bridgehead atoms. The topological polar surface area (TPSA) is 78.6 Å². The van der Waals surface area contributed by atoms with E-state index in [2.05, 4.69) is 0 Å². The second-order valence-electron chi connectivity index (χ2n) is 4.50. The van der Waals surface area contributed by atoms with Crippen LogP contribution in [0.4, 0.5) is 9.39 Å². The van der Waals surface area contributed by atoms with Gasteiger partial charge < -0.3 is 15.2 Å². The lowest BCUT2D eigenvalue weighted by atomic mass is 10.1. The molecule has 128 valence electrons. The minimum absolute atomic E-state index is 0.00813. The van der Waals surface area contributed by atoms with Crippen LogP contribution in [0.3, 0.4) is 0 Å². The number of halogens is 2. The molecule has 5 nitrogen and oxygen atoms in total. The monoisotopic (exact) mass is 389 g/mol. The molecule has 1 heterocycles. The number of carbonyl (C=O) groups is 2. The summed E-state index contributed by atoms with van der Waals surface area (Å²) in [6.07, 6.45) is 0. The molecule has 0 atom stereocenters. The molecule has 2 aromatic rings. The van der Waals surface area contributed by atoms with Crippen LogP contribution < -0.4 is 5.73 Å². The maximum Gasteiger partial charge on any atom is 0.348 e. The Morgan fingerprint density at radius 2 is 1.96 bits per heavy atom. The van der Waals surface area contributed by atoms with Gasteiger partial charge in [-0.25, -0.2) is 14.0 Å². The lowest BCUT2D eigenvalue weighted by Gasteiger charge is -2.07. The van der Waals surface area contributed by atoms with Crippen molar-refractivity contribution in [2.45, 2.75) is 10.6 Å². The van der Waals surface area contributed by atoms with Crippen molar-refractivity contribution in [1.29, 1.82) is 0 Å². The number of hydrogen-bond donors (Lipinski definition) is 1. The highest BCUT2D eigenvalue weighted by Crippen LogP contribution is 2.37. The Balaban J connectivity index is 2.37. The van der Waals surface area contributed by atoms with Crippen molar-refractivity contribution in [3.8, 4) is 0 Å². The Kier molecular flexibility index (Phi) is 6.09. The first kappa shape index (κ1) is 18.6. The summed E-state index contributed by atoms with van der Waals surface area (Å²) < 4.78 is 22.7. The number of benzene rings is 1. The van der Waals surface area contributed by atoms with Crippen molar-refractivity contribution in [3.63, 3.8) is 0 Å². The Hall–Kier alpha value is -1.77. The SMILES string of the molecule is COC(=O)c1sc(N)c(C(=O)OC)c1CSc1ccc(F)c(Cl)c1. The van der Waals surface area contributed by atoms with Crippen molar-refractivity contribution in [1.82, 2.24) is 0 Å². The Bertz CT molecular complexity index is 794. The predicted molar refractivity (Wildman–Crippen MR) is 92.4 cm³/mol. The molecule has 0 saturated carbocycles. The van der Waals surface area contributed by atoms with Crippen molar-refractivity contribution in [3.05, 3.63) is 45.0 Å². The van der Waals surface area contributed by atoms with Crippen molar-refractivity contribution >= 4 is 51.6 Å². The fraction of sp³-hybridized carbons (Fsp3) is 0.200. The normalized spacial score (nSPS) is 10.5. The number of methoxy groups -OCH3 is 2. The number of thiophene rings is 1. The zero-order valence-electron chi connectivity index (χ0n) is 12.7. The summed E-state index contributed by atoms with van der Waals surface area (Å²) in [6.45, 7) is 0. The molecule has 0 aliphatic heterocycles. The number of thioether (sulfide) groups is 1. The molecule has 2 rings (SSSR count). The number of ether oxygens (including phenoxy) is 2. The summed E-state index contributed by atoms with van der Waals surface area (Å²) in [5.41, 5.74) is 6.41. The maximum absolute atomic E-state index is 13.2. The zero-order valence-corrected chi connectivity index (χ0v) is 15.1. The molecule has 2 N–H and O–H groups in total. The van der Waals surface area contributed by atoms with Gasteiger partial charge in [0.2, 0.25) is 0 Å². The maximum atomic E-state index is 13.2. The van der Waals surface area contributed by atoms with Gasteiger partial charge in [-0.1, -0.05) is 11.6 Å². The molecule has 0 aliphatic rings. The molecule has 1 aromatic carbocycles. The van der Waals surface area contributed by atoms with Gasteiger partial charge in [-0.2, -0.15) is 0 Å². The average Bonchev–Trinajstić information content (AvgIpc) is 2.91. The number of nitrogen functional groups attached to an aromatic ring is 1. The van der Waals surface area contributed by atoms with Gasteiger partial charge in [0, 0.05) is 16.2 Å². The van der Waals surface area contributed by atoms with Gasteiger partial charge in [0.05, 0.1) is 24.8 Å². The molecule has 1 aromatic heterocycles. The van der Waals surface area contributed by atoms with Gasteiger partial charge in [0.15, 0.2) is 0 Å². The first-order valence-electron chi connectivity index (χ1n) is 6.54. The molecule has 0 spiro atoms. The zero-order chi connectivity index (χ0) is 17.9. The quantitative estimate of drug-likeness (QED) is 0.615. The van der Waals surface area contributed by atoms with Crippen LogP contribution in [0.15, 0.2) is 23.1 Å². The molecular formula is C15H13ClFNO4S2. The Morgan fingerprint density at radius 1 is 1.29 bits per heavy atom.